The van der Waals surface area contributed by atoms with Crippen LogP contribution in [0.4, 0.5) is 5.69 Å². The van der Waals surface area contributed by atoms with Crippen LogP contribution in [-0.4, -0.2) is 36.4 Å². The molecule has 0 radical (unpaired) electrons. The van der Waals surface area contributed by atoms with Crippen molar-refractivity contribution >= 4 is 11.6 Å². The molecular formula is C18H21N3O4. The number of benzene rings is 2. The van der Waals surface area contributed by atoms with E-state index in [1.54, 1.807) is 6.07 Å². The van der Waals surface area contributed by atoms with Gasteiger partial charge in [-0.05, 0) is 31.3 Å². The van der Waals surface area contributed by atoms with Gasteiger partial charge in [-0.15, -0.1) is 0 Å². The van der Waals surface area contributed by atoms with Gasteiger partial charge >= 0.3 is 0 Å². The maximum absolute atomic E-state index is 11.8. The highest BCUT2D eigenvalue weighted by Crippen LogP contribution is 2.18. The summed E-state index contributed by atoms with van der Waals surface area (Å²) in [5.41, 5.74) is 2.12. The lowest BCUT2D eigenvalue weighted by Gasteiger charge is -2.11. The zero-order valence-corrected chi connectivity index (χ0v) is 14.3. The molecule has 0 heterocycles. The molecule has 2 aromatic carbocycles. The minimum Gasteiger partial charge on any atom is -0.484 e. The third-order valence-electron chi connectivity index (χ3n) is 3.41. The van der Waals surface area contributed by atoms with Crippen molar-refractivity contribution in [2.75, 3.05) is 20.7 Å². The van der Waals surface area contributed by atoms with Gasteiger partial charge in [-0.25, -0.2) is 0 Å². The molecule has 0 bridgehead atoms. The molecule has 2 rings (SSSR count). The monoisotopic (exact) mass is 343 g/mol. The number of ether oxygens (including phenoxy) is 1. The molecule has 1 N–H and O–H groups in total. The lowest BCUT2D eigenvalue weighted by Crippen LogP contribution is -2.28. The summed E-state index contributed by atoms with van der Waals surface area (Å²) in [4.78, 5) is 24.1. The van der Waals surface area contributed by atoms with E-state index in [1.807, 2.05) is 38.4 Å². The van der Waals surface area contributed by atoms with Crippen molar-refractivity contribution in [3.8, 4) is 5.75 Å². The SMILES string of the molecule is CN(C)Cc1ccc(CNC(=O)COc2cccc([N+](=O)[O-])c2)cc1. The first kappa shape index (κ1) is 18.4. The molecule has 0 aliphatic carbocycles. The summed E-state index contributed by atoms with van der Waals surface area (Å²) >= 11 is 0. The van der Waals surface area contributed by atoms with Crippen molar-refractivity contribution in [3.05, 3.63) is 69.8 Å². The first-order chi connectivity index (χ1) is 11.9. The summed E-state index contributed by atoms with van der Waals surface area (Å²) in [6.45, 7) is 1.07. The van der Waals surface area contributed by atoms with E-state index in [4.69, 9.17) is 4.74 Å². The molecule has 132 valence electrons. The fourth-order valence-corrected chi connectivity index (χ4v) is 2.22. The molecule has 0 atom stereocenters. The number of hydrogen-bond acceptors (Lipinski definition) is 5. The van der Waals surface area contributed by atoms with Crippen LogP contribution in [0, 0.1) is 10.1 Å². The van der Waals surface area contributed by atoms with Crippen LogP contribution in [-0.2, 0) is 17.9 Å². The Hall–Kier alpha value is -2.93. The van der Waals surface area contributed by atoms with E-state index in [-0.39, 0.29) is 24.0 Å². The molecule has 0 aliphatic heterocycles. The van der Waals surface area contributed by atoms with Crippen molar-refractivity contribution in [3.63, 3.8) is 0 Å². The number of rotatable bonds is 8. The van der Waals surface area contributed by atoms with Crippen molar-refractivity contribution < 1.29 is 14.5 Å². The first-order valence-electron chi connectivity index (χ1n) is 7.80. The molecule has 7 nitrogen and oxygen atoms in total. The Morgan fingerprint density at radius 2 is 1.84 bits per heavy atom. The molecular weight excluding hydrogens is 322 g/mol. The smallest absolute Gasteiger partial charge is 0.273 e. The van der Waals surface area contributed by atoms with Crippen LogP contribution in [0.25, 0.3) is 0 Å². The third kappa shape index (κ3) is 6.23. The first-order valence-corrected chi connectivity index (χ1v) is 7.80. The second-order valence-electron chi connectivity index (χ2n) is 5.87. The van der Waals surface area contributed by atoms with E-state index in [1.165, 1.54) is 23.8 Å². The summed E-state index contributed by atoms with van der Waals surface area (Å²) in [6, 6.07) is 13.7. The molecule has 0 spiro atoms. The van der Waals surface area contributed by atoms with Crippen LogP contribution in [0.3, 0.4) is 0 Å². The predicted octanol–water partition coefficient (Wildman–Crippen LogP) is 2.35. The quantitative estimate of drug-likeness (QED) is 0.587. The summed E-state index contributed by atoms with van der Waals surface area (Å²) in [5.74, 6) is 0.00117. The van der Waals surface area contributed by atoms with Crippen LogP contribution in [0.5, 0.6) is 5.75 Å². The van der Waals surface area contributed by atoms with E-state index in [9.17, 15) is 14.9 Å². The van der Waals surface area contributed by atoms with Gasteiger partial charge in [-0.2, -0.15) is 0 Å². The second kappa shape index (κ2) is 8.79. The van der Waals surface area contributed by atoms with E-state index in [0.29, 0.717) is 6.54 Å². The normalized spacial score (nSPS) is 10.5. The van der Waals surface area contributed by atoms with E-state index >= 15 is 0 Å². The molecule has 2 aromatic rings. The molecule has 0 aliphatic rings. The van der Waals surface area contributed by atoms with Crippen LogP contribution >= 0.6 is 0 Å². The number of carbonyl (C=O) groups excluding carboxylic acids is 1. The highest BCUT2D eigenvalue weighted by Gasteiger charge is 2.08. The van der Waals surface area contributed by atoms with Gasteiger partial charge < -0.3 is 15.0 Å². The van der Waals surface area contributed by atoms with Gasteiger partial charge in [0.2, 0.25) is 0 Å². The summed E-state index contributed by atoms with van der Waals surface area (Å²) in [7, 11) is 4.02. The average molecular weight is 343 g/mol. The van der Waals surface area contributed by atoms with Crippen molar-refractivity contribution in [1.82, 2.24) is 10.2 Å². The largest absolute Gasteiger partial charge is 0.484 e. The van der Waals surface area contributed by atoms with E-state index in [0.717, 1.165) is 12.1 Å². The third-order valence-corrected chi connectivity index (χ3v) is 3.41. The Labute approximate surface area is 146 Å². The number of carbonyl (C=O) groups is 1. The highest BCUT2D eigenvalue weighted by molar-refractivity contribution is 5.77. The zero-order chi connectivity index (χ0) is 18.2. The van der Waals surface area contributed by atoms with Crippen molar-refractivity contribution in [1.29, 1.82) is 0 Å². The summed E-state index contributed by atoms with van der Waals surface area (Å²) in [6.07, 6.45) is 0. The number of nitro groups is 1. The van der Waals surface area contributed by atoms with Gasteiger partial charge in [-0.3, -0.25) is 14.9 Å². The van der Waals surface area contributed by atoms with Crippen molar-refractivity contribution in [2.45, 2.75) is 13.1 Å². The van der Waals surface area contributed by atoms with Gasteiger partial charge in [-0.1, -0.05) is 30.3 Å². The molecule has 7 heteroatoms. The fraction of sp³-hybridized carbons (Fsp3) is 0.278. The number of nitrogens with zero attached hydrogens (tertiary/aromatic N) is 2. The fourth-order valence-electron chi connectivity index (χ4n) is 2.22. The van der Waals surface area contributed by atoms with Gasteiger partial charge in [0, 0.05) is 19.2 Å². The van der Waals surface area contributed by atoms with E-state index < -0.39 is 4.92 Å². The predicted molar refractivity (Wildman–Crippen MR) is 94.3 cm³/mol. The van der Waals surface area contributed by atoms with Gasteiger partial charge in [0.1, 0.15) is 5.75 Å². The summed E-state index contributed by atoms with van der Waals surface area (Å²) < 4.78 is 5.29. The van der Waals surface area contributed by atoms with Crippen molar-refractivity contribution in [2.24, 2.45) is 0 Å². The lowest BCUT2D eigenvalue weighted by atomic mass is 10.1. The Kier molecular flexibility index (Phi) is 6.47. The Balaban J connectivity index is 1.79. The van der Waals surface area contributed by atoms with Crippen LogP contribution < -0.4 is 10.1 Å². The molecule has 25 heavy (non-hydrogen) atoms. The Morgan fingerprint density at radius 3 is 2.48 bits per heavy atom. The minimum atomic E-state index is -0.507. The zero-order valence-electron chi connectivity index (χ0n) is 14.3. The Morgan fingerprint density at radius 1 is 1.16 bits per heavy atom. The van der Waals surface area contributed by atoms with Gasteiger partial charge in [0.25, 0.3) is 11.6 Å². The average Bonchev–Trinajstić information content (AvgIpc) is 2.59. The van der Waals surface area contributed by atoms with Crippen LogP contribution in [0.1, 0.15) is 11.1 Å². The number of non-ortho nitro benzene ring substituents is 1. The minimum absolute atomic E-state index is 0.0734. The number of nitro benzene ring substituents is 1. The second-order valence-corrected chi connectivity index (χ2v) is 5.87. The maximum atomic E-state index is 11.8. The molecule has 0 saturated carbocycles. The molecule has 1 amide bonds. The molecule has 0 unspecified atom stereocenters. The molecule has 0 saturated heterocycles. The topological polar surface area (TPSA) is 84.7 Å². The van der Waals surface area contributed by atoms with Gasteiger partial charge in [0.05, 0.1) is 11.0 Å². The summed E-state index contributed by atoms with van der Waals surface area (Å²) in [5, 5.41) is 13.5. The maximum Gasteiger partial charge on any atom is 0.273 e. The van der Waals surface area contributed by atoms with Crippen LogP contribution in [0.2, 0.25) is 0 Å². The molecule has 0 fully saturated rings. The molecule has 0 aromatic heterocycles. The van der Waals surface area contributed by atoms with E-state index in [2.05, 4.69) is 10.2 Å². The number of hydrogen-bond donors (Lipinski definition) is 1. The standard InChI is InChI=1S/C18H21N3O4/c1-20(2)12-15-8-6-14(7-9-15)11-19-18(22)13-25-17-5-3-4-16(10-17)21(23)24/h3-10H,11-13H2,1-2H3,(H,19,22). The van der Waals surface area contributed by atoms with Gasteiger partial charge in [0.15, 0.2) is 6.61 Å². The highest BCUT2D eigenvalue weighted by atomic mass is 16.6. The lowest BCUT2D eigenvalue weighted by molar-refractivity contribution is -0.384. The number of nitrogens with one attached hydrogen (secondary N) is 1. The number of amides is 1. The van der Waals surface area contributed by atoms with Crippen LogP contribution in [0.15, 0.2) is 48.5 Å². The Bertz CT molecular complexity index is 729.